The molecule has 1 atom stereocenters. The van der Waals surface area contributed by atoms with Crippen molar-refractivity contribution in [2.75, 3.05) is 12.4 Å². The zero-order chi connectivity index (χ0) is 17.8. The van der Waals surface area contributed by atoms with E-state index >= 15 is 0 Å². The molecule has 1 aromatic rings. The fraction of sp³-hybridized carbons (Fsp3) is 0.500. The lowest BCUT2D eigenvalue weighted by Crippen LogP contribution is -2.42. The summed E-state index contributed by atoms with van der Waals surface area (Å²) in [6.07, 6.45) is 5.67. The minimum absolute atomic E-state index is 0.00761. The zero-order valence-corrected chi connectivity index (χ0v) is 15.8. The van der Waals surface area contributed by atoms with E-state index in [-0.39, 0.29) is 24.3 Å². The van der Waals surface area contributed by atoms with Gasteiger partial charge in [-0.05, 0) is 37.1 Å². The summed E-state index contributed by atoms with van der Waals surface area (Å²) < 4.78 is 5.72. The molecule has 1 heterocycles. The zero-order valence-electron chi connectivity index (χ0n) is 14.2. The number of thiocarbonyl (C=S) groups is 1. The van der Waals surface area contributed by atoms with Crippen LogP contribution in [0.5, 0.6) is 5.75 Å². The molecule has 1 aromatic carbocycles. The molecule has 0 aromatic heterocycles. The Bertz CT molecular complexity index is 657. The fourth-order valence-corrected chi connectivity index (χ4v) is 4.96. The van der Waals surface area contributed by atoms with Crippen LogP contribution in [0.2, 0.25) is 0 Å². The average molecular weight is 379 g/mol. The number of carbonyl (C=O) groups excluding carboxylic acids is 2. The molecule has 134 valence electrons. The first kappa shape index (κ1) is 18.2. The number of hydrogen-bond donors (Lipinski definition) is 1. The van der Waals surface area contributed by atoms with Crippen molar-refractivity contribution in [2.45, 2.75) is 49.8 Å². The second-order valence-corrected chi connectivity index (χ2v) is 8.19. The monoisotopic (exact) mass is 378 g/mol. The van der Waals surface area contributed by atoms with Crippen molar-refractivity contribution in [3.8, 4) is 5.75 Å². The number of nitrogens with zero attached hydrogens (tertiary/aromatic N) is 1. The standard InChI is InChI=1S/C18H22N2O3S2/c1-23-14-9-7-12(8-10-14)19-16(21)11-15-17(22)20(18(24)25-15)13-5-3-2-4-6-13/h7-10,13,15H,2-6,11H2,1H3,(H,19,21). The molecule has 0 spiro atoms. The highest BCUT2D eigenvalue weighted by molar-refractivity contribution is 8.24. The number of nitrogens with one attached hydrogen (secondary N) is 1. The Morgan fingerprint density at radius 1 is 1.28 bits per heavy atom. The van der Waals surface area contributed by atoms with Crippen LogP contribution in [0.4, 0.5) is 5.69 Å². The van der Waals surface area contributed by atoms with Gasteiger partial charge in [0.1, 0.15) is 10.1 Å². The Morgan fingerprint density at radius 2 is 1.96 bits per heavy atom. The van der Waals surface area contributed by atoms with Crippen molar-refractivity contribution >= 4 is 45.8 Å². The highest BCUT2D eigenvalue weighted by Gasteiger charge is 2.41. The molecule has 7 heteroatoms. The van der Waals surface area contributed by atoms with E-state index in [1.807, 2.05) is 0 Å². The summed E-state index contributed by atoms with van der Waals surface area (Å²) in [5.41, 5.74) is 0.688. The molecule has 1 aliphatic heterocycles. The number of anilines is 1. The Morgan fingerprint density at radius 3 is 2.60 bits per heavy atom. The van der Waals surface area contributed by atoms with Gasteiger partial charge in [0.05, 0.1) is 12.4 Å². The van der Waals surface area contributed by atoms with E-state index in [0.29, 0.717) is 10.0 Å². The van der Waals surface area contributed by atoms with Crippen molar-refractivity contribution in [1.82, 2.24) is 4.90 Å². The van der Waals surface area contributed by atoms with Gasteiger partial charge in [-0.2, -0.15) is 0 Å². The summed E-state index contributed by atoms with van der Waals surface area (Å²) >= 11 is 6.76. The molecule has 1 aliphatic carbocycles. The maximum absolute atomic E-state index is 12.7. The number of methoxy groups -OCH3 is 1. The highest BCUT2D eigenvalue weighted by Crippen LogP contribution is 2.35. The van der Waals surface area contributed by atoms with Gasteiger partial charge in [-0.25, -0.2) is 0 Å². The van der Waals surface area contributed by atoms with Crippen LogP contribution in [-0.2, 0) is 9.59 Å². The van der Waals surface area contributed by atoms with Gasteiger partial charge in [-0.15, -0.1) is 0 Å². The quantitative estimate of drug-likeness (QED) is 0.794. The summed E-state index contributed by atoms with van der Waals surface area (Å²) in [4.78, 5) is 26.8. The summed E-state index contributed by atoms with van der Waals surface area (Å²) in [6, 6.07) is 7.34. The van der Waals surface area contributed by atoms with Crippen LogP contribution < -0.4 is 10.1 Å². The lowest BCUT2D eigenvalue weighted by Gasteiger charge is -2.30. The smallest absolute Gasteiger partial charge is 0.242 e. The normalized spacial score (nSPS) is 21.5. The van der Waals surface area contributed by atoms with E-state index in [4.69, 9.17) is 17.0 Å². The van der Waals surface area contributed by atoms with Crippen molar-refractivity contribution in [1.29, 1.82) is 0 Å². The van der Waals surface area contributed by atoms with E-state index < -0.39 is 5.25 Å². The van der Waals surface area contributed by atoms with Crippen LogP contribution in [-0.4, -0.2) is 39.4 Å². The van der Waals surface area contributed by atoms with Gasteiger partial charge in [-0.1, -0.05) is 43.2 Å². The SMILES string of the molecule is COc1ccc(NC(=O)CC2SC(=S)N(C3CCCCC3)C2=O)cc1. The molecule has 25 heavy (non-hydrogen) atoms. The van der Waals surface area contributed by atoms with Crippen molar-refractivity contribution in [3.63, 3.8) is 0 Å². The molecule has 1 unspecified atom stereocenters. The number of thioether (sulfide) groups is 1. The van der Waals surface area contributed by atoms with E-state index in [0.717, 1.165) is 31.4 Å². The minimum Gasteiger partial charge on any atom is -0.497 e. The van der Waals surface area contributed by atoms with Gasteiger partial charge >= 0.3 is 0 Å². The Kier molecular flexibility index (Phi) is 5.96. The molecule has 0 radical (unpaired) electrons. The molecule has 0 bridgehead atoms. The maximum Gasteiger partial charge on any atom is 0.242 e. The predicted molar refractivity (Wildman–Crippen MR) is 104 cm³/mol. The Hall–Kier alpha value is -1.60. The number of carbonyl (C=O) groups is 2. The second kappa shape index (κ2) is 8.19. The van der Waals surface area contributed by atoms with Crippen molar-refractivity contribution in [2.24, 2.45) is 0 Å². The van der Waals surface area contributed by atoms with Crippen LogP contribution in [0.15, 0.2) is 24.3 Å². The van der Waals surface area contributed by atoms with Crippen LogP contribution in [0.25, 0.3) is 0 Å². The number of rotatable bonds is 5. The Balaban J connectivity index is 1.57. The maximum atomic E-state index is 12.7. The molecule has 1 N–H and O–H groups in total. The molecule has 5 nitrogen and oxygen atoms in total. The molecular formula is C18H22N2O3S2. The fourth-order valence-electron chi connectivity index (χ4n) is 3.33. The first-order valence-corrected chi connectivity index (χ1v) is 9.85. The lowest BCUT2D eigenvalue weighted by molar-refractivity contribution is -0.129. The third kappa shape index (κ3) is 4.33. The first-order chi connectivity index (χ1) is 12.1. The van der Waals surface area contributed by atoms with E-state index in [2.05, 4.69) is 5.32 Å². The van der Waals surface area contributed by atoms with E-state index in [1.54, 1.807) is 36.3 Å². The molecule has 2 aliphatic rings. The number of benzene rings is 1. The van der Waals surface area contributed by atoms with Gasteiger partial charge in [0.2, 0.25) is 11.8 Å². The number of ether oxygens (including phenoxy) is 1. The lowest BCUT2D eigenvalue weighted by atomic mass is 9.94. The molecule has 2 fully saturated rings. The number of amides is 2. The minimum atomic E-state index is -0.410. The van der Waals surface area contributed by atoms with E-state index in [9.17, 15) is 9.59 Å². The van der Waals surface area contributed by atoms with Crippen LogP contribution in [0.3, 0.4) is 0 Å². The molecule has 3 rings (SSSR count). The third-order valence-corrected chi connectivity index (χ3v) is 6.17. The first-order valence-electron chi connectivity index (χ1n) is 8.56. The van der Waals surface area contributed by atoms with E-state index in [1.165, 1.54) is 18.2 Å². The number of hydrogen-bond acceptors (Lipinski definition) is 5. The molecule has 1 saturated heterocycles. The molecular weight excluding hydrogens is 356 g/mol. The molecule has 2 amide bonds. The summed E-state index contributed by atoms with van der Waals surface area (Å²) in [5.74, 6) is 0.545. The van der Waals surface area contributed by atoms with Gasteiger partial charge in [0, 0.05) is 18.2 Å². The van der Waals surface area contributed by atoms with Gasteiger partial charge in [0.15, 0.2) is 0 Å². The van der Waals surface area contributed by atoms with Crippen molar-refractivity contribution < 1.29 is 14.3 Å². The van der Waals surface area contributed by atoms with Gasteiger partial charge in [0.25, 0.3) is 0 Å². The summed E-state index contributed by atoms with van der Waals surface area (Å²) in [5, 5.41) is 2.42. The van der Waals surface area contributed by atoms with Gasteiger partial charge in [-0.3, -0.25) is 14.5 Å². The van der Waals surface area contributed by atoms with Crippen molar-refractivity contribution in [3.05, 3.63) is 24.3 Å². The highest BCUT2D eigenvalue weighted by atomic mass is 32.2. The van der Waals surface area contributed by atoms with Crippen LogP contribution >= 0.6 is 24.0 Å². The summed E-state index contributed by atoms with van der Waals surface area (Å²) in [7, 11) is 1.59. The predicted octanol–water partition coefficient (Wildman–Crippen LogP) is 3.59. The van der Waals surface area contributed by atoms with Gasteiger partial charge < -0.3 is 10.1 Å². The largest absolute Gasteiger partial charge is 0.497 e. The topological polar surface area (TPSA) is 58.6 Å². The summed E-state index contributed by atoms with van der Waals surface area (Å²) in [6.45, 7) is 0. The molecule has 1 saturated carbocycles. The Labute approximate surface area is 157 Å². The van der Waals surface area contributed by atoms with Crippen LogP contribution in [0.1, 0.15) is 38.5 Å². The third-order valence-electron chi connectivity index (χ3n) is 4.64. The average Bonchev–Trinajstić information content (AvgIpc) is 2.89. The second-order valence-electron chi connectivity index (χ2n) is 6.35. The van der Waals surface area contributed by atoms with Crippen LogP contribution in [0, 0.1) is 0 Å².